The van der Waals surface area contributed by atoms with Crippen LogP contribution in [0.5, 0.6) is 0 Å². The van der Waals surface area contributed by atoms with E-state index in [4.69, 9.17) is 0 Å². The zero-order valence-electron chi connectivity index (χ0n) is 28.2. The molecule has 4 aliphatic carbocycles. The molecule has 10 rings (SSSR count). The molecule has 0 unspecified atom stereocenters. The number of hydrogen-bond acceptors (Lipinski definition) is 10. The fraction of sp³-hybridized carbons (Fsp3) is 0.136. The van der Waals surface area contributed by atoms with Gasteiger partial charge in [0.05, 0.1) is 19.2 Å². The summed E-state index contributed by atoms with van der Waals surface area (Å²) >= 11 is 6.96. The summed E-state index contributed by atoms with van der Waals surface area (Å²) in [6.07, 6.45) is 9.23. The van der Waals surface area contributed by atoms with Gasteiger partial charge in [-0.15, -0.1) is 45.3 Å². The first-order chi connectivity index (χ1) is 26.4. The second-order valence-electron chi connectivity index (χ2n) is 13.8. The Hall–Kier alpha value is -5.98. The molecule has 0 aliphatic heterocycles. The van der Waals surface area contributed by atoms with Gasteiger partial charge in [-0.2, -0.15) is 21.0 Å². The Bertz CT molecular complexity index is 2830. The molecule has 10 heteroatoms. The zero-order valence-corrected chi connectivity index (χ0v) is 31.5. The van der Waals surface area contributed by atoms with Crippen molar-refractivity contribution in [3.05, 3.63) is 126 Å². The molecule has 254 valence electrons. The molecule has 6 aromatic rings. The van der Waals surface area contributed by atoms with E-state index < -0.39 is 0 Å². The molecular formula is C44H22N4O2S4. The highest BCUT2D eigenvalue weighted by Gasteiger charge is 2.49. The molecule has 4 heterocycles. The van der Waals surface area contributed by atoms with Gasteiger partial charge in [0.15, 0.2) is 11.6 Å². The number of rotatable bonds is 2. The number of thiophene rings is 4. The van der Waals surface area contributed by atoms with Gasteiger partial charge in [-0.05, 0) is 48.3 Å². The van der Waals surface area contributed by atoms with Crippen LogP contribution in [0.4, 0.5) is 0 Å². The molecule has 0 N–H and O–H groups in total. The molecule has 4 aliphatic rings. The third-order valence-electron chi connectivity index (χ3n) is 11.1. The van der Waals surface area contributed by atoms with E-state index in [2.05, 4.69) is 12.1 Å². The van der Waals surface area contributed by atoms with Crippen LogP contribution in [0.3, 0.4) is 0 Å². The Morgan fingerprint density at radius 2 is 0.981 bits per heavy atom. The third-order valence-corrected chi connectivity index (χ3v) is 16.0. The van der Waals surface area contributed by atoms with E-state index in [0.717, 1.165) is 35.4 Å². The SMILES string of the molecule is N#CC(C#N)=C1/C(=C/c2cc3sc4c(c3s2)C2(CCCCC2)c2c-4sc3cc(/C=C4/C(=O)c5ccccc5C4=C(C#N)C#N)sc23)C(=O)c2ccccc21. The maximum Gasteiger partial charge on any atom is 0.194 e. The van der Waals surface area contributed by atoms with E-state index in [0.29, 0.717) is 44.5 Å². The van der Waals surface area contributed by atoms with Crippen molar-refractivity contribution in [3.63, 3.8) is 0 Å². The summed E-state index contributed by atoms with van der Waals surface area (Å²) in [5.74, 6) is -0.353. The van der Waals surface area contributed by atoms with Gasteiger partial charge in [0.2, 0.25) is 0 Å². The largest absolute Gasteiger partial charge is 0.289 e. The van der Waals surface area contributed by atoms with Crippen LogP contribution in [0.2, 0.25) is 0 Å². The predicted octanol–water partition coefficient (Wildman–Crippen LogP) is 11.6. The van der Waals surface area contributed by atoms with Gasteiger partial charge < -0.3 is 0 Å². The summed E-state index contributed by atoms with van der Waals surface area (Å²) in [5, 5.41) is 39.3. The predicted molar refractivity (Wildman–Crippen MR) is 216 cm³/mol. The molecule has 54 heavy (non-hydrogen) atoms. The fourth-order valence-corrected chi connectivity index (χ4v) is 14.6. The molecule has 1 saturated carbocycles. The molecule has 4 aromatic heterocycles. The van der Waals surface area contributed by atoms with E-state index in [1.54, 1.807) is 81.7 Å². The standard InChI is InChI=1S/C44H22N4O2S4/c45-18-22(19-46)34-26-8-2-4-10-28(26)38(49)30(34)14-24-16-32-40(51-24)36-42(53-32)43-37(44(36)12-6-1-7-13-44)41-33(54-43)17-25(52-41)15-31-35(23(20-47)21-48)27-9-3-5-11-29(27)39(31)50/h2-5,8-11,14-17H,1,6-7,12-13H2/b30-14-,31-15+. The first kappa shape index (κ1) is 32.7. The van der Waals surface area contributed by atoms with Gasteiger partial charge >= 0.3 is 0 Å². The molecule has 1 fully saturated rings. The van der Waals surface area contributed by atoms with Gasteiger partial charge in [0.25, 0.3) is 0 Å². The van der Waals surface area contributed by atoms with E-state index in [-0.39, 0.29) is 28.1 Å². The average Bonchev–Trinajstić information content (AvgIpc) is 4.04. The number of ketones is 2. The van der Waals surface area contributed by atoms with Crippen LogP contribution in [0, 0.1) is 45.3 Å². The number of nitriles is 4. The molecule has 0 saturated heterocycles. The topological polar surface area (TPSA) is 129 Å². The lowest BCUT2D eigenvalue weighted by molar-refractivity contribution is 0.103. The average molecular weight is 767 g/mol. The monoisotopic (exact) mass is 766 g/mol. The van der Waals surface area contributed by atoms with Crippen LogP contribution in [-0.4, -0.2) is 11.6 Å². The maximum atomic E-state index is 13.7. The summed E-state index contributed by atoms with van der Waals surface area (Å²) in [6, 6.07) is 26.7. The number of carbonyl (C=O) groups excluding carboxylic acids is 2. The summed E-state index contributed by atoms with van der Waals surface area (Å²) in [6.45, 7) is 0. The van der Waals surface area contributed by atoms with Crippen LogP contribution < -0.4 is 0 Å². The van der Waals surface area contributed by atoms with E-state index in [1.807, 2.05) is 48.6 Å². The molecule has 0 radical (unpaired) electrons. The summed E-state index contributed by atoms with van der Waals surface area (Å²) < 4.78 is 4.82. The van der Waals surface area contributed by atoms with E-state index >= 15 is 0 Å². The normalized spacial score (nSPS) is 17.8. The maximum absolute atomic E-state index is 13.7. The highest BCUT2D eigenvalue weighted by Crippen LogP contribution is 2.66. The van der Waals surface area contributed by atoms with Gasteiger partial charge in [-0.25, -0.2) is 0 Å². The first-order valence-electron chi connectivity index (χ1n) is 17.4. The molecule has 6 nitrogen and oxygen atoms in total. The Morgan fingerprint density at radius 3 is 1.39 bits per heavy atom. The quantitative estimate of drug-likeness (QED) is 0.127. The smallest absolute Gasteiger partial charge is 0.194 e. The number of hydrogen-bond donors (Lipinski definition) is 0. The lowest BCUT2D eigenvalue weighted by Gasteiger charge is -2.35. The Balaban J connectivity index is 1.10. The highest BCUT2D eigenvalue weighted by atomic mass is 32.1. The van der Waals surface area contributed by atoms with E-state index in [9.17, 15) is 30.6 Å². The number of Topliss-reactive ketones (excluding diaryl/α,β-unsaturated/α-hetero) is 2. The fourth-order valence-electron chi connectivity index (χ4n) is 8.90. The second-order valence-corrected chi connectivity index (χ2v) is 18.0. The van der Waals surface area contributed by atoms with E-state index in [1.165, 1.54) is 46.1 Å². The molecular weight excluding hydrogens is 745 g/mol. The van der Waals surface area contributed by atoms with Crippen molar-refractivity contribution in [1.82, 2.24) is 0 Å². The molecule has 1 spiro atoms. The second kappa shape index (κ2) is 12.0. The minimum Gasteiger partial charge on any atom is -0.289 e. The van der Waals surface area contributed by atoms with Crippen molar-refractivity contribution < 1.29 is 9.59 Å². The van der Waals surface area contributed by atoms with Crippen molar-refractivity contribution in [1.29, 1.82) is 21.0 Å². The molecule has 2 aromatic carbocycles. The van der Waals surface area contributed by atoms with Crippen molar-refractivity contribution in [3.8, 4) is 34.0 Å². The third kappa shape index (κ3) is 4.37. The lowest BCUT2D eigenvalue weighted by Crippen LogP contribution is -2.27. The Morgan fingerprint density at radius 1 is 0.574 bits per heavy atom. The minimum atomic E-state index is -0.176. The number of fused-ring (bicyclic) bond motifs is 11. The lowest BCUT2D eigenvalue weighted by atomic mass is 9.68. The van der Waals surface area contributed by atoms with Crippen molar-refractivity contribution >= 4 is 99.0 Å². The first-order valence-corrected chi connectivity index (χ1v) is 20.6. The van der Waals surface area contributed by atoms with Gasteiger partial charge in [0, 0.05) is 69.1 Å². The van der Waals surface area contributed by atoms with Crippen LogP contribution in [0.15, 0.2) is 83.0 Å². The number of allylic oxidation sites excluding steroid dienone is 6. The van der Waals surface area contributed by atoms with Gasteiger partial charge in [-0.3, -0.25) is 9.59 Å². The summed E-state index contributed by atoms with van der Waals surface area (Å²) in [5.41, 5.74) is 6.32. The Labute approximate surface area is 325 Å². The van der Waals surface area contributed by atoms with Crippen LogP contribution in [-0.2, 0) is 5.41 Å². The Kier molecular flexibility index (Phi) is 7.27. The number of nitrogens with zero attached hydrogens (tertiary/aromatic N) is 4. The summed E-state index contributed by atoms with van der Waals surface area (Å²) in [7, 11) is 0. The van der Waals surface area contributed by atoms with Crippen LogP contribution >= 0.6 is 45.3 Å². The van der Waals surface area contributed by atoms with Crippen molar-refractivity contribution in [2.24, 2.45) is 0 Å². The van der Waals surface area contributed by atoms with Gasteiger partial charge in [0.1, 0.15) is 35.4 Å². The minimum absolute atomic E-state index is 0.0657. The van der Waals surface area contributed by atoms with Crippen LogP contribution in [0.1, 0.15) is 84.8 Å². The van der Waals surface area contributed by atoms with Crippen molar-refractivity contribution in [2.45, 2.75) is 37.5 Å². The van der Waals surface area contributed by atoms with Gasteiger partial charge in [-0.1, -0.05) is 67.8 Å². The van der Waals surface area contributed by atoms with Crippen LogP contribution in [0.25, 0.3) is 51.9 Å². The number of benzene rings is 2. The zero-order chi connectivity index (χ0) is 36.9. The summed E-state index contributed by atoms with van der Waals surface area (Å²) in [4.78, 5) is 31.8. The molecule has 0 bridgehead atoms. The highest BCUT2D eigenvalue weighted by molar-refractivity contribution is 7.35. The number of carbonyl (C=O) groups is 2. The van der Waals surface area contributed by atoms with Crippen molar-refractivity contribution in [2.75, 3.05) is 0 Å². The molecule has 0 amide bonds. The molecule has 0 atom stereocenters.